The van der Waals surface area contributed by atoms with Crippen molar-refractivity contribution in [2.75, 3.05) is 0 Å². The van der Waals surface area contributed by atoms with E-state index in [1.807, 2.05) is 6.07 Å². The van der Waals surface area contributed by atoms with Crippen molar-refractivity contribution >= 4 is 38.8 Å². The van der Waals surface area contributed by atoms with E-state index in [-0.39, 0.29) is 12.2 Å². The third-order valence-corrected chi connectivity index (χ3v) is 3.35. The lowest BCUT2D eigenvalue weighted by molar-refractivity contribution is -0.139. The minimum atomic E-state index is -1.12. The van der Waals surface area contributed by atoms with E-state index in [4.69, 9.17) is 9.52 Å². The molecule has 0 aliphatic heterocycles. The fraction of sp³-hybridized carbons (Fsp3) is 0.143. The predicted octanol–water partition coefficient (Wildman–Crippen LogP) is 2.95. The molecule has 0 saturated heterocycles. The zero-order valence-corrected chi connectivity index (χ0v) is 12.0. The Labute approximate surface area is 123 Å². The second-order valence-electron chi connectivity index (χ2n) is 4.16. The van der Waals surface area contributed by atoms with Gasteiger partial charge in [0.05, 0.1) is 4.47 Å². The van der Waals surface area contributed by atoms with Gasteiger partial charge < -0.3 is 14.8 Å². The molecule has 5 nitrogen and oxygen atoms in total. The molecular formula is C14H12BrNO4. The zero-order chi connectivity index (χ0) is 14.7. The van der Waals surface area contributed by atoms with Crippen LogP contribution in [0.25, 0.3) is 11.0 Å². The molecule has 6 heteroatoms. The number of halogens is 1. The van der Waals surface area contributed by atoms with Crippen molar-refractivity contribution in [3.8, 4) is 0 Å². The number of para-hydroxylation sites is 1. The summed E-state index contributed by atoms with van der Waals surface area (Å²) < 4.78 is 6.17. The number of hydrogen-bond donors (Lipinski definition) is 2. The van der Waals surface area contributed by atoms with Gasteiger partial charge in [0.1, 0.15) is 11.6 Å². The highest BCUT2D eigenvalue weighted by atomic mass is 79.9. The van der Waals surface area contributed by atoms with E-state index in [0.717, 1.165) is 9.86 Å². The number of nitrogens with one attached hydrogen (secondary N) is 1. The van der Waals surface area contributed by atoms with E-state index in [2.05, 4.69) is 27.8 Å². The molecule has 0 spiro atoms. The van der Waals surface area contributed by atoms with Crippen molar-refractivity contribution in [1.29, 1.82) is 0 Å². The van der Waals surface area contributed by atoms with Gasteiger partial charge in [-0.1, -0.05) is 18.2 Å². The summed E-state index contributed by atoms with van der Waals surface area (Å²) in [5.74, 6) is -1.61. The van der Waals surface area contributed by atoms with Gasteiger partial charge in [0.25, 0.3) is 5.91 Å². The van der Waals surface area contributed by atoms with Crippen LogP contribution in [0.2, 0.25) is 0 Å². The molecule has 2 rings (SSSR count). The highest BCUT2D eigenvalue weighted by Crippen LogP contribution is 2.26. The van der Waals surface area contributed by atoms with E-state index >= 15 is 0 Å². The lowest BCUT2D eigenvalue weighted by atomic mass is 10.2. The van der Waals surface area contributed by atoms with Crippen LogP contribution in [0.3, 0.4) is 0 Å². The molecule has 0 aliphatic carbocycles. The average molecular weight is 338 g/mol. The van der Waals surface area contributed by atoms with Gasteiger partial charge in [-0.25, -0.2) is 4.79 Å². The lowest BCUT2D eigenvalue weighted by Gasteiger charge is -2.10. The SMILES string of the molecule is C=CCC(NC(=O)c1cc2cccc(Br)c2o1)C(=O)O. The first-order chi connectivity index (χ1) is 9.52. The largest absolute Gasteiger partial charge is 0.480 e. The number of carboxylic acid groups (broad SMARTS) is 1. The molecule has 1 atom stereocenters. The highest BCUT2D eigenvalue weighted by Gasteiger charge is 2.21. The number of amides is 1. The number of carbonyl (C=O) groups excluding carboxylic acids is 1. The molecule has 0 aliphatic rings. The molecule has 2 aromatic rings. The number of hydrogen-bond acceptors (Lipinski definition) is 3. The number of aliphatic carboxylic acids is 1. The van der Waals surface area contributed by atoms with E-state index in [1.165, 1.54) is 6.08 Å². The van der Waals surface area contributed by atoms with Crippen LogP contribution in [0.1, 0.15) is 17.0 Å². The van der Waals surface area contributed by atoms with Crippen LogP contribution in [-0.4, -0.2) is 23.0 Å². The topological polar surface area (TPSA) is 79.5 Å². The van der Waals surface area contributed by atoms with Crippen molar-refractivity contribution in [3.05, 3.63) is 47.2 Å². The van der Waals surface area contributed by atoms with Gasteiger partial charge in [0.15, 0.2) is 5.76 Å². The summed E-state index contributed by atoms with van der Waals surface area (Å²) in [6.45, 7) is 3.47. The van der Waals surface area contributed by atoms with Crippen LogP contribution in [0.15, 0.2) is 45.8 Å². The molecule has 104 valence electrons. The zero-order valence-electron chi connectivity index (χ0n) is 10.4. The number of rotatable bonds is 5. The monoisotopic (exact) mass is 337 g/mol. The molecule has 0 bridgehead atoms. The second kappa shape index (κ2) is 5.92. The number of furan rings is 1. The Morgan fingerprint density at radius 1 is 1.50 bits per heavy atom. The van der Waals surface area contributed by atoms with E-state index in [1.54, 1.807) is 18.2 Å². The number of fused-ring (bicyclic) bond motifs is 1. The van der Waals surface area contributed by atoms with Crippen LogP contribution in [0.4, 0.5) is 0 Å². The lowest BCUT2D eigenvalue weighted by Crippen LogP contribution is -2.40. The molecular weight excluding hydrogens is 326 g/mol. The average Bonchev–Trinajstić information content (AvgIpc) is 2.83. The van der Waals surface area contributed by atoms with E-state index < -0.39 is 17.9 Å². The molecule has 1 aromatic carbocycles. The van der Waals surface area contributed by atoms with Gasteiger partial charge in [-0.05, 0) is 34.5 Å². The Kier molecular flexibility index (Phi) is 4.24. The Hall–Kier alpha value is -2.08. The molecule has 1 unspecified atom stereocenters. The van der Waals surface area contributed by atoms with Crippen molar-refractivity contribution in [2.24, 2.45) is 0 Å². The normalized spacial score (nSPS) is 12.1. The predicted molar refractivity (Wildman–Crippen MR) is 77.6 cm³/mol. The third kappa shape index (κ3) is 2.91. The van der Waals surface area contributed by atoms with E-state index in [0.29, 0.717) is 5.58 Å². The first-order valence-electron chi connectivity index (χ1n) is 5.85. The molecule has 0 radical (unpaired) electrons. The summed E-state index contributed by atoms with van der Waals surface area (Å²) in [7, 11) is 0. The molecule has 1 aromatic heterocycles. The summed E-state index contributed by atoms with van der Waals surface area (Å²) in [6.07, 6.45) is 1.58. The number of carbonyl (C=O) groups is 2. The van der Waals surface area contributed by atoms with Crippen molar-refractivity contribution in [2.45, 2.75) is 12.5 Å². The molecule has 0 fully saturated rings. The van der Waals surface area contributed by atoms with Crippen molar-refractivity contribution in [1.82, 2.24) is 5.32 Å². The Bertz CT molecular complexity index is 677. The maximum absolute atomic E-state index is 12.0. The summed E-state index contributed by atoms with van der Waals surface area (Å²) in [4.78, 5) is 23.0. The van der Waals surface area contributed by atoms with Crippen LogP contribution in [0, 0.1) is 0 Å². The summed E-state index contributed by atoms with van der Waals surface area (Å²) >= 11 is 3.33. The van der Waals surface area contributed by atoms with E-state index in [9.17, 15) is 9.59 Å². The maximum Gasteiger partial charge on any atom is 0.326 e. The maximum atomic E-state index is 12.0. The molecule has 0 saturated carbocycles. The minimum Gasteiger partial charge on any atom is -0.480 e. The van der Waals surface area contributed by atoms with Gasteiger partial charge in [0, 0.05) is 5.39 Å². The third-order valence-electron chi connectivity index (χ3n) is 2.73. The van der Waals surface area contributed by atoms with Crippen molar-refractivity contribution in [3.63, 3.8) is 0 Å². The Morgan fingerprint density at radius 2 is 2.25 bits per heavy atom. The van der Waals surface area contributed by atoms with Crippen LogP contribution in [-0.2, 0) is 4.79 Å². The quantitative estimate of drug-likeness (QED) is 0.822. The standard InChI is InChI=1S/C14H12BrNO4/c1-2-4-10(14(18)19)16-13(17)11-7-8-5-3-6-9(15)12(8)20-11/h2-3,5-7,10H,1,4H2,(H,16,17)(H,18,19). The van der Waals surface area contributed by atoms with Crippen molar-refractivity contribution < 1.29 is 19.1 Å². The fourth-order valence-corrected chi connectivity index (χ4v) is 2.22. The van der Waals surface area contributed by atoms with Gasteiger partial charge in [0.2, 0.25) is 0 Å². The fourth-order valence-electron chi connectivity index (χ4n) is 1.76. The summed E-state index contributed by atoms with van der Waals surface area (Å²) in [6, 6.07) is 5.98. The van der Waals surface area contributed by atoms with Gasteiger partial charge in [-0.2, -0.15) is 0 Å². The summed E-state index contributed by atoms with van der Waals surface area (Å²) in [5, 5.41) is 12.1. The number of carboxylic acids is 1. The molecule has 20 heavy (non-hydrogen) atoms. The second-order valence-corrected chi connectivity index (χ2v) is 5.01. The molecule has 1 heterocycles. The van der Waals surface area contributed by atoms with Gasteiger partial charge in [-0.15, -0.1) is 6.58 Å². The Balaban J connectivity index is 2.25. The minimum absolute atomic E-state index is 0.0715. The highest BCUT2D eigenvalue weighted by molar-refractivity contribution is 9.10. The van der Waals surface area contributed by atoms with Crippen LogP contribution >= 0.6 is 15.9 Å². The van der Waals surface area contributed by atoms with Crippen LogP contribution < -0.4 is 5.32 Å². The molecule has 1 amide bonds. The number of benzene rings is 1. The van der Waals surface area contributed by atoms with Crippen LogP contribution in [0.5, 0.6) is 0 Å². The van der Waals surface area contributed by atoms with Gasteiger partial charge in [-0.3, -0.25) is 4.79 Å². The van der Waals surface area contributed by atoms with Gasteiger partial charge >= 0.3 is 5.97 Å². The molecule has 2 N–H and O–H groups in total. The summed E-state index contributed by atoms with van der Waals surface area (Å²) in [5.41, 5.74) is 0.549. The first kappa shape index (κ1) is 14.3. The smallest absolute Gasteiger partial charge is 0.326 e. The first-order valence-corrected chi connectivity index (χ1v) is 6.65. The Morgan fingerprint density at radius 3 is 2.85 bits per heavy atom.